The first-order chi connectivity index (χ1) is 14.6. The van der Waals surface area contributed by atoms with E-state index in [9.17, 15) is 4.79 Å². The summed E-state index contributed by atoms with van der Waals surface area (Å²) in [6.45, 7) is 2.01. The molecule has 1 aliphatic heterocycles. The Balaban J connectivity index is 1.58. The van der Waals surface area contributed by atoms with Crippen molar-refractivity contribution in [3.63, 3.8) is 0 Å². The first-order valence-corrected chi connectivity index (χ1v) is 9.90. The van der Waals surface area contributed by atoms with Crippen LogP contribution in [-0.4, -0.2) is 35.8 Å². The Hall–Kier alpha value is -3.48. The molecule has 2 aromatic carbocycles. The maximum absolute atomic E-state index is 11.5. The van der Waals surface area contributed by atoms with Gasteiger partial charge in [-0.25, -0.2) is 15.4 Å². The number of nitrogens with one attached hydrogen (secondary N) is 1. The number of fused-ring (bicyclic) bond motifs is 1. The first-order valence-electron chi connectivity index (χ1n) is 9.90. The van der Waals surface area contributed by atoms with Gasteiger partial charge in [0.15, 0.2) is 11.5 Å². The number of hydrogen-bond acceptors (Lipinski definition) is 6. The van der Waals surface area contributed by atoms with Gasteiger partial charge in [0.05, 0.1) is 31.1 Å². The van der Waals surface area contributed by atoms with Crippen LogP contribution in [0.3, 0.4) is 0 Å². The summed E-state index contributed by atoms with van der Waals surface area (Å²) in [5.74, 6) is 1.47. The third-order valence-corrected chi connectivity index (χ3v) is 5.37. The summed E-state index contributed by atoms with van der Waals surface area (Å²) in [5, 5.41) is 5.27. The molecule has 0 aliphatic carbocycles. The number of nitrogens with zero attached hydrogens (tertiary/aromatic N) is 3. The molecule has 1 amide bonds. The van der Waals surface area contributed by atoms with Crippen molar-refractivity contribution < 1.29 is 14.3 Å². The highest BCUT2D eigenvalue weighted by Gasteiger charge is 2.22. The van der Waals surface area contributed by atoms with Gasteiger partial charge in [0.2, 0.25) is 5.91 Å². The van der Waals surface area contributed by atoms with Gasteiger partial charge in [-0.3, -0.25) is 4.79 Å². The number of carbonyl (C=O) groups is 1. The minimum absolute atomic E-state index is 0.0492. The lowest BCUT2D eigenvalue weighted by Gasteiger charge is -2.19. The van der Waals surface area contributed by atoms with Gasteiger partial charge in [0.1, 0.15) is 6.33 Å². The average molecular weight is 404 g/mol. The summed E-state index contributed by atoms with van der Waals surface area (Å²) in [6.07, 6.45) is 3.65. The topological polar surface area (TPSA) is 85.7 Å². The molecule has 1 N–H and O–H groups in total. The van der Waals surface area contributed by atoms with E-state index in [4.69, 9.17) is 9.47 Å². The Bertz CT molecular complexity index is 1130. The predicted octanol–water partition coefficient (Wildman–Crippen LogP) is 3.29. The number of aromatic nitrogens is 2. The van der Waals surface area contributed by atoms with Gasteiger partial charge in [-0.2, -0.15) is 5.10 Å². The molecule has 4 rings (SSSR count). The number of hydrogen-bond donors (Lipinski definition) is 1. The third kappa shape index (κ3) is 3.96. The van der Waals surface area contributed by atoms with Crippen LogP contribution in [0.5, 0.6) is 11.5 Å². The number of ether oxygens (including phenoxy) is 2. The second-order valence-corrected chi connectivity index (χ2v) is 7.38. The number of rotatable bonds is 6. The molecule has 30 heavy (non-hydrogen) atoms. The van der Waals surface area contributed by atoms with Crippen LogP contribution in [0.15, 0.2) is 47.8 Å². The molecule has 0 fully saturated rings. The SMILES string of the molecule is COc1ccc(CCc2ncnc3cc(C4=NNC(=O)CC4C)ccc23)cc1OC. The largest absolute Gasteiger partial charge is 0.493 e. The van der Waals surface area contributed by atoms with Crippen LogP contribution in [-0.2, 0) is 17.6 Å². The minimum Gasteiger partial charge on any atom is -0.493 e. The second-order valence-electron chi connectivity index (χ2n) is 7.38. The second kappa shape index (κ2) is 8.49. The zero-order valence-corrected chi connectivity index (χ0v) is 17.3. The van der Waals surface area contributed by atoms with Crippen molar-refractivity contribution in [2.24, 2.45) is 11.0 Å². The molecule has 7 nitrogen and oxygen atoms in total. The summed E-state index contributed by atoms with van der Waals surface area (Å²) in [6, 6.07) is 12.0. The fourth-order valence-electron chi connectivity index (χ4n) is 3.77. The fraction of sp³-hybridized carbons (Fsp3) is 0.304. The highest BCUT2D eigenvalue weighted by atomic mass is 16.5. The zero-order chi connectivity index (χ0) is 21.1. The van der Waals surface area contributed by atoms with Crippen LogP contribution in [0, 0.1) is 5.92 Å². The molecule has 3 aromatic rings. The number of amides is 1. The maximum Gasteiger partial charge on any atom is 0.240 e. The van der Waals surface area contributed by atoms with Crippen molar-refractivity contribution in [2.45, 2.75) is 26.2 Å². The van der Waals surface area contributed by atoms with Gasteiger partial charge in [0.25, 0.3) is 0 Å². The minimum atomic E-state index is -0.0492. The summed E-state index contributed by atoms with van der Waals surface area (Å²) in [7, 11) is 3.27. The van der Waals surface area contributed by atoms with Gasteiger partial charge in [-0.05, 0) is 36.6 Å². The van der Waals surface area contributed by atoms with Crippen molar-refractivity contribution in [1.82, 2.24) is 15.4 Å². The molecular formula is C23H24N4O3. The lowest BCUT2D eigenvalue weighted by molar-refractivity contribution is -0.121. The van der Waals surface area contributed by atoms with Crippen molar-refractivity contribution in [3.05, 3.63) is 59.5 Å². The van der Waals surface area contributed by atoms with E-state index in [0.717, 1.165) is 57.8 Å². The lowest BCUT2D eigenvalue weighted by atomic mass is 9.93. The molecular weight excluding hydrogens is 380 g/mol. The number of aryl methyl sites for hydroxylation is 2. The molecule has 0 bridgehead atoms. The Morgan fingerprint density at radius 2 is 1.87 bits per heavy atom. The molecule has 0 spiro atoms. The molecule has 0 saturated carbocycles. The molecule has 7 heteroatoms. The van der Waals surface area contributed by atoms with Gasteiger partial charge in [0, 0.05) is 23.3 Å². The normalized spacial score (nSPS) is 16.2. The smallest absolute Gasteiger partial charge is 0.240 e. The molecule has 1 unspecified atom stereocenters. The van der Waals surface area contributed by atoms with E-state index in [0.29, 0.717) is 6.42 Å². The Labute approximate surface area is 175 Å². The summed E-state index contributed by atoms with van der Waals surface area (Å²) >= 11 is 0. The van der Waals surface area contributed by atoms with E-state index in [1.165, 1.54) is 0 Å². The van der Waals surface area contributed by atoms with E-state index in [1.807, 2.05) is 43.3 Å². The molecule has 1 aromatic heterocycles. The highest BCUT2D eigenvalue weighted by Crippen LogP contribution is 2.28. The Morgan fingerprint density at radius 3 is 2.63 bits per heavy atom. The monoisotopic (exact) mass is 404 g/mol. The maximum atomic E-state index is 11.5. The average Bonchev–Trinajstić information content (AvgIpc) is 2.77. The van der Waals surface area contributed by atoms with Crippen LogP contribution in [0.2, 0.25) is 0 Å². The van der Waals surface area contributed by atoms with Crippen molar-refractivity contribution in [2.75, 3.05) is 14.2 Å². The van der Waals surface area contributed by atoms with Crippen molar-refractivity contribution >= 4 is 22.5 Å². The van der Waals surface area contributed by atoms with Crippen LogP contribution in [0.25, 0.3) is 10.9 Å². The van der Waals surface area contributed by atoms with Gasteiger partial charge < -0.3 is 9.47 Å². The quantitative estimate of drug-likeness (QED) is 0.681. The van der Waals surface area contributed by atoms with E-state index < -0.39 is 0 Å². The van der Waals surface area contributed by atoms with E-state index in [2.05, 4.69) is 20.5 Å². The molecule has 0 radical (unpaired) electrons. The molecule has 154 valence electrons. The van der Waals surface area contributed by atoms with Gasteiger partial charge in [-0.1, -0.05) is 25.1 Å². The number of carbonyl (C=O) groups excluding carboxylic acids is 1. The van der Waals surface area contributed by atoms with Crippen LogP contribution in [0.1, 0.15) is 30.2 Å². The highest BCUT2D eigenvalue weighted by molar-refractivity contribution is 6.07. The van der Waals surface area contributed by atoms with E-state index in [-0.39, 0.29) is 11.8 Å². The molecule has 2 heterocycles. The lowest BCUT2D eigenvalue weighted by Crippen LogP contribution is -2.31. The molecule has 1 aliphatic rings. The number of methoxy groups -OCH3 is 2. The van der Waals surface area contributed by atoms with Crippen LogP contribution in [0.4, 0.5) is 0 Å². The first kappa shape index (κ1) is 19.8. The molecule has 0 saturated heterocycles. The summed E-state index contributed by atoms with van der Waals surface area (Å²) in [5.41, 5.74) is 7.44. The fourth-order valence-corrected chi connectivity index (χ4v) is 3.77. The van der Waals surface area contributed by atoms with Gasteiger partial charge in [-0.15, -0.1) is 0 Å². The van der Waals surface area contributed by atoms with Crippen LogP contribution >= 0.6 is 0 Å². The van der Waals surface area contributed by atoms with Gasteiger partial charge >= 0.3 is 0 Å². The number of hydrazone groups is 1. The molecule has 1 atom stereocenters. The van der Waals surface area contributed by atoms with E-state index >= 15 is 0 Å². The number of benzene rings is 2. The Kier molecular flexibility index (Phi) is 5.61. The standard InChI is InChI=1S/C23H24N4O3/c1-14-10-22(28)26-27-23(14)16-6-7-17-18(24-13-25-19(17)12-16)8-4-15-5-9-20(29-2)21(11-15)30-3/h5-7,9,11-14H,4,8,10H2,1-3H3,(H,26,28). The van der Waals surface area contributed by atoms with E-state index in [1.54, 1.807) is 20.5 Å². The summed E-state index contributed by atoms with van der Waals surface area (Å²) < 4.78 is 10.7. The van der Waals surface area contributed by atoms with Crippen molar-refractivity contribution in [1.29, 1.82) is 0 Å². The summed E-state index contributed by atoms with van der Waals surface area (Å²) in [4.78, 5) is 20.5. The zero-order valence-electron chi connectivity index (χ0n) is 17.3. The Morgan fingerprint density at radius 1 is 1.03 bits per heavy atom. The predicted molar refractivity (Wildman–Crippen MR) is 115 cm³/mol. The third-order valence-electron chi connectivity index (χ3n) is 5.37. The van der Waals surface area contributed by atoms with Crippen molar-refractivity contribution in [3.8, 4) is 11.5 Å². The van der Waals surface area contributed by atoms with Crippen LogP contribution < -0.4 is 14.9 Å².